The molecule has 0 aromatic carbocycles. The van der Waals surface area contributed by atoms with Crippen LogP contribution in [0.3, 0.4) is 0 Å². The summed E-state index contributed by atoms with van der Waals surface area (Å²) < 4.78 is 4.89. The summed E-state index contributed by atoms with van der Waals surface area (Å²) in [5, 5.41) is 8.34. The Labute approximate surface area is 120 Å². The maximum Gasteiger partial charge on any atom is 0.331 e. The first-order valence-corrected chi connectivity index (χ1v) is 7.48. The Bertz CT molecular complexity index is 322. The van der Waals surface area contributed by atoms with E-state index in [9.17, 15) is 9.59 Å². The number of carboxylic acids is 1. The van der Waals surface area contributed by atoms with Gasteiger partial charge in [-0.2, -0.15) is 0 Å². The van der Waals surface area contributed by atoms with Crippen LogP contribution in [0.1, 0.15) is 44.9 Å². The number of carboxylic acid groups (broad SMARTS) is 1. The van der Waals surface area contributed by atoms with Crippen LogP contribution in [0.2, 0.25) is 0 Å². The van der Waals surface area contributed by atoms with Crippen LogP contribution in [0.15, 0.2) is 12.2 Å². The second-order valence-corrected chi connectivity index (χ2v) is 5.16. The van der Waals surface area contributed by atoms with Gasteiger partial charge in [-0.15, -0.1) is 0 Å². The van der Waals surface area contributed by atoms with E-state index in [0.29, 0.717) is 6.61 Å². The van der Waals surface area contributed by atoms with Crippen molar-refractivity contribution in [1.82, 2.24) is 4.90 Å². The number of rotatable bonds is 9. The highest BCUT2D eigenvalue weighted by molar-refractivity contribution is 5.90. The van der Waals surface area contributed by atoms with Gasteiger partial charge < -0.3 is 14.7 Å². The van der Waals surface area contributed by atoms with Gasteiger partial charge in [0, 0.05) is 12.2 Å². The van der Waals surface area contributed by atoms with Crippen molar-refractivity contribution >= 4 is 11.9 Å². The first-order chi connectivity index (χ1) is 9.68. The quantitative estimate of drug-likeness (QED) is 0.399. The van der Waals surface area contributed by atoms with Gasteiger partial charge in [-0.25, -0.2) is 9.59 Å². The first kappa shape index (κ1) is 16.7. The molecule has 1 rings (SSSR count). The minimum Gasteiger partial charge on any atom is -0.478 e. The lowest BCUT2D eigenvalue weighted by Crippen LogP contribution is -2.30. The molecule has 0 saturated carbocycles. The lowest BCUT2D eigenvalue weighted by Gasteiger charge is -2.26. The van der Waals surface area contributed by atoms with Gasteiger partial charge in [0.15, 0.2) is 0 Å². The van der Waals surface area contributed by atoms with Crippen LogP contribution < -0.4 is 0 Å². The summed E-state index contributed by atoms with van der Waals surface area (Å²) in [5.41, 5.74) is 0. The molecule has 1 aliphatic heterocycles. The molecule has 1 heterocycles. The fourth-order valence-corrected chi connectivity index (χ4v) is 2.33. The number of hydrogen-bond acceptors (Lipinski definition) is 4. The molecule has 0 aromatic rings. The third kappa shape index (κ3) is 8.69. The van der Waals surface area contributed by atoms with Crippen molar-refractivity contribution in [1.29, 1.82) is 0 Å². The molecule has 5 nitrogen and oxygen atoms in total. The highest BCUT2D eigenvalue weighted by atomic mass is 16.5. The number of nitrogens with zero attached hydrogens (tertiary/aromatic N) is 1. The zero-order chi connectivity index (χ0) is 14.6. The van der Waals surface area contributed by atoms with E-state index in [0.717, 1.165) is 31.4 Å². The van der Waals surface area contributed by atoms with Gasteiger partial charge in [0.2, 0.25) is 0 Å². The van der Waals surface area contributed by atoms with E-state index in [2.05, 4.69) is 4.90 Å². The smallest absolute Gasteiger partial charge is 0.331 e. The molecule has 0 radical (unpaired) electrons. The zero-order valence-electron chi connectivity index (χ0n) is 12.1. The Morgan fingerprint density at radius 3 is 2.40 bits per heavy atom. The summed E-state index contributed by atoms with van der Waals surface area (Å²) in [5.74, 6) is -1.72. The fraction of sp³-hybridized carbons (Fsp3) is 0.733. The number of aliphatic carboxylic acids is 1. The van der Waals surface area contributed by atoms with Gasteiger partial charge in [0.05, 0.1) is 6.61 Å². The summed E-state index contributed by atoms with van der Waals surface area (Å²) in [7, 11) is 0. The second-order valence-electron chi connectivity index (χ2n) is 5.16. The number of ether oxygens (including phenoxy) is 1. The molecule has 20 heavy (non-hydrogen) atoms. The van der Waals surface area contributed by atoms with E-state index in [1.54, 1.807) is 0 Å². The largest absolute Gasteiger partial charge is 0.478 e. The van der Waals surface area contributed by atoms with Gasteiger partial charge in [-0.3, -0.25) is 0 Å². The van der Waals surface area contributed by atoms with Crippen LogP contribution >= 0.6 is 0 Å². The molecule has 1 N–H and O–H groups in total. The highest BCUT2D eigenvalue weighted by Gasteiger charge is 2.08. The molecular formula is C15H25NO4. The minimum absolute atomic E-state index is 0.368. The normalized spacial score (nSPS) is 16.4. The molecular weight excluding hydrogens is 258 g/mol. The average Bonchev–Trinajstić information content (AvgIpc) is 2.45. The number of unbranched alkanes of at least 4 members (excludes halogenated alkanes) is 3. The fourth-order valence-electron chi connectivity index (χ4n) is 2.33. The lowest BCUT2D eigenvalue weighted by molar-refractivity contribution is -0.138. The van der Waals surface area contributed by atoms with Crippen LogP contribution in [0.4, 0.5) is 0 Å². The zero-order valence-corrected chi connectivity index (χ0v) is 12.1. The Morgan fingerprint density at radius 1 is 1.00 bits per heavy atom. The average molecular weight is 283 g/mol. The summed E-state index contributed by atoms with van der Waals surface area (Å²) >= 11 is 0. The molecule has 0 spiro atoms. The predicted molar refractivity (Wildman–Crippen MR) is 76.5 cm³/mol. The van der Waals surface area contributed by atoms with Crippen LogP contribution in [0, 0.1) is 0 Å². The van der Waals surface area contributed by atoms with Gasteiger partial charge in [-0.1, -0.05) is 19.3 Å². The van der Waals surface area contributed by atoms with E-state index in [4.69, 9.17) is 9.84 Å². The molecule has 5 heteroatoms. The van der Waals surface area contributed by atoms with E-state index >= 15 is 0 Å². The van der Waals surface area contributed by atoms with E-state index in [1.165, 1.54) is 45.3 Å². The Morgan fingerprint density at radius 2 is 1.70 bits per heavy atom. The van der Waals surface area contributed by atoms with Gasteiger partial charge >= 0.3 is 11.9 Å². The molecule has 1 saturated heterocycles. The molecule has 0 amide bonds. The predicted octanol–water partition coefficient (Wildman–Crippen LogP) is 2.22. The molecule has 114 valence electrons. The van der Waals surface area contributed by atoms with Crippen molar-refractivity contribution in [3.63, 3.8) is 0 Å². The van der Waals surface area contributed by atoms with Crippen molar-refractivity contribution in [2.75, 3.05) is 26.2 Å². The molecule has 0 bridgehead atoms. The summed E-state index contributed by atoms with van der Waals surface area (Å²) in [6.07, 6.45) is 10.0. The maximum absolute atomic E-state index is 11.1. The van der Waals surface area contributed by atoms with Crippen LogP contribution in [0.25, 0.3) is 0 Å². The Balaban J connectivity index is 1.89. The molecule has 1 fully saturated rings. The lowest BCUT2D eigenvalue weighted by atomic mass is 10.1. The highest BCUT2D eigenvalue weighted by Crippen LogP contribution is 2.10. The number of carbonyl (C=O) groups is 2. The standard InChI is InChI=1S/C15H25NO4/c17-14(18)8-9-15(19)20-13-7-2-1-4-10-16-11-5-3-6-12-16/h8-9H,1-7,10-13H2,(H,17,18)/b9-8+. The summed E-state index contributed by atoms with van der Waals surface area (Å²) in [6, 6.07) is 0. The summed E-state index contributed by atoms with van der Waals surface area (Å²) in [6.45, 7) is 4.04. The second kappa shape index (κ2) is 10.4. The third-order valence-electron chi connectivity index (χ3n) is 3.42. The van der Waals surface area contributed by atoms with Crippen molar-refractivity contribution in [3.05, 3.63) is 12.2 Å². The monoisotopic (exact) mass is 283 g/mol. The van der Waals surface area contributed by atoms with Crippen molar-refractivity contribution < 1.29 is 19.4 Å². The van der Waals surface area contributed by atoms with Gasteiger partial charge in [-0.05, 0) is 45.3 Å². The molecule has 1 aliphatic rings. The van der Waals surface area contributed by atoms with Crippen molar-refractivity contribution in [2.45, 2.75) is 44.9 Å². The summed E-state index contributed by atoms with van der Waals surface area (Å²) in [4.78, 5) is 23.8. The molecule has 0 aliphatic carbocycles. The number of carbonyl (C=O) groups excluding carboxylic acids is 1. The van der Waals surface area contributed by atoms with Crippen molar-refractivity contribution in [2.24, 2.45) is 0 Å². The molecule has 0 unspecified atom stereocenters. The number of hydrogen-bond donors (Lipinski definition) is 1. The SMILES string of the molecule is O=C(O)/C=C/C(=O)OCCCCCCN1CCCCC1. The van der Waals surface area contributed by atoms with E-state index in [1.807, 2.05) is 0 Å². The van der Waals surface area contributed by atoms with Gasteiger partial charge in [0.1, 0.15) is 0 Å². The van der Waals surface area contributed by atoms with E-state index < -0.39 is 11.9 Å². The molecule has 0 atom stereocenters. The number of likely N-dealkylation sites (tertiary alicyclic amines) is 1. The molecule has 0 aromatic heterocycles. The van der Waals surface area contributed by atoms with Crippen LogP contribution in [-0.4, -0.2) is 48.2 Å². The number of piperidine rings is 1. The first-order valence-electron chi connectivity index (χ1n) is 7.48. The van der Waals surface area contributed by atoms with E-state index in [-0.39, 0.29) is 0 Å². The van der Waals surface area contributed by atoms with Crippen LogP contribution in [-0.2, 0) is 14.3 Å². The third-order valence-corrected chi connectivity index (χ3v) is 3.42. The van der Waals surface area contributed by atoms with Crippen LogP contribution in [0.5, 0.6) is 0 Å². The van der Waals surface area contributed by atoms with Crippen molar-refractivity contribution in [3.8, 4) is 0 Å². The maximum atomic E-state index is 11.1. The minimum atomic E-state index is -1.14. The van der Waals surface area contributed by atoms with Gasteiger partial charge in [0.25, 0.3) is 0 Å². The number of esters is 1. The topological polar surface area (TPSA) is 66.8 Å². The Hall–Kier alpha value is -1.36. The Kier molecular flexibility index (Phi) is 8.71.